The van der Waals surface area contributed by atoms with Gasteiger partial charge in [-0.05, 0) is 35.2 Å². The first-order valence-corrected chi connectivity index (χ1v) is 8.96. The second kappa shape index (κ2) is 7.79. The van der Waals surface area contributed by atoms with E-state index >= 15 is 0 Å². The van der Waals surface area contributed by atoms with E-state index in [-0.39, 0.29) is 28.9 Å². The summed E-state index contributed by atoms with van der Waals surface area (Å²) in [5.41, 5.74) is 5.05. The molecule has 3 aromatic rings. The van der Waals surface area contributed by atoms with Crippen molar-refractivity contribution in [2.24, 2.45) is 5.73 Å². The van der Waals surface area contributed by atoms with Crippen LogP contribution in [-0.4, -0.2) is 18.5 Å². The maximum Gasteiger partial charge on any atom is 0.349 e. The molecule has 1 amide bonds. The van der Waals surface area contributed by atoms with Crippen LogP contribution in [0.3, 0.4) is 0 Å². The SMILES string of the molecule is CC(C)(C)c1ccccc1OCC(=O)Oc1ccc2cc(C(N)=O)c(=O)oc2c1. The third-order valence-electron chi connectivity index (χ3n) is 4.25. The van der Waals surface area contributed by atoms with E-state index in [9.17, 15) is 14.4 Å². The average Bonchev–Trinajstić information content (AvgIpc) is 2.65. The first-order chi connectivity index (χ1) is 13.6. The fourth-order valence-electron chi connectivity index (χ4n) is 2.84. The van der Waals surface area contributed by atoms with Crippen molar-refractivity contribution in [3.05, 3.63) is 70.1 Å². The van der Waals surface area contributed by atoms with Gasteiger partial charge < -0.3 is 19.6 Å². The zero-order chi connectivity index (χ0) is 21.2. The van der Waals surface area contributed by atoms with Gasteiger partial charge >= 0.3 is 11.6 Å². The fraction of sp³-hybridized carbons (Fsp3) is 0.227. The predicted molar refractivity (Wildman–Crippen MR) is 107 cm³/mol. The van der Waals surface area contributed by atoms with Gasteiger partial charge in [-0.25, -0.2) is 9.59 Å². The first-order valence-electron chi connectivity index (χ1n) is 8.96. The lowest BCUT2D eigenvalue weighted by Crippen LogP contribution is -2.21. The van der Waals surface area contributed by atoms with Crippen LogP contribution in [0.25, 0.3) is 11.0 Å². The van der Waals surface area contributed by atoms with E-state index in [4.69, 9.17) is 19.6 Å². The Balaban J connectivity index is 1.73. The zero-order valence-corrected chi connectivity index (χ0v) is 16.4. The summed E-state index contributed by atoms with van der Waals surface area (Å²) in [5.74, 6) is -0.682. The summed E-state index contributed by atoms with van der Waals surface area (Å²) in [6.45, 7) is 5.88. The molecule has 7 nitrogen and oxygen atoms in total. The van der Waals surface area contributed by atoms with Crippen LogP contribution in [0.1, 0.15) is 36.7 Å². The van der Waals surface area contributed by atoms with Gasteiger partial charge in [-0.15, -0.1) is 0 Å². The summed E-state index contributed by atoms with van der Waals surface area (Å²) in [6, 6.07) is 13.3. The van der Waals surface area contributed by atoms with E-state index in [1.54, 1.807) is 12.1 Å². The van der Waals surface area contributed by atoms with Crippen LogP contribution in [0.4, 0.5) is 0 Å². The number of hydrogen-bond donors (Lipinski definition) is 1. The number of primary amides is 1. The third kappa shape index (κ3) is 4.63. The molecule has 7 heteroatoms. The van der Waals surface area contributed by atoms with Gasteiger partial charge in [0.05, 0.1) is 0 Å². The molecular formula is C22H21NO6. The van der Waals surface area contributed by atoms with Gasteiger partial charge in [0, 0.05) is 11.5 Å². The summed E-state index contributed by atoms with van der Waals surface area (Å²) < 4.78 is 16.0. The highest BCUT2D eigenvalue weighted by Gasteiger charge is 2.19. The number of fused-ring (bicyclic) bond motifs is 1. The summed E-state index contributed by atoms with van der Waals surface area (Å²) in [4.78, 5) is 35.2. The maximum atomic E-state index is 12.2. The van der Waals surface area contributed by atoms with Gasteiger partial charge in [-0.3, -0.25) is 4.79 Å². The van der Waals surface area contributed by atoms with Crippen molar-refractivity contribution < 1.29 is 23.5 Å². The van der Waals surface area contributed by atoms with Crippen LogP contribution in [-0.2, 0) is 10.2 Å². The quantitative estimate of drug-likeness (QED) is 0.404. The number of hydrogen-bond acceptors (Lipinski definition) is 6. The summed E-state index contributed by atoms with van der Waals surface area (Å²) >= 11 is 0. The number of esters is 1. The summed E-state index contributed by atoms with van der Waals surface area (Å²) in [7, 11) is 0. The maximum absolute atomic E-state index is 12.2. The van der Waals surface area contributed by atoms with Crippen LogP contribution >= 0.6 is 0 Å². The molecular weight excluding hydrogens is 374 g/mol. The Morgan fingerprint density at radius 1 is 1.07 bits per heavy atom. The molecule has 1 aromatic heterocycles. The standard InChI is InChI=1S/C22H21NO6/c1-22(2,3)16-6-4-5-7-17(16)27-12-19(24)28-14-9-8-13-10-15(20(23)25)21(26)29-18(13)11-14/h4-11H,12H2,1-3H3,(H2,23,25). The van der Waals surface area contributed by atoms with Crippen molar-refractivity contribution in [3.8, 4) is 11.5 Å². The monoisotopic (exact) mass is 395 g/mol. The molecule has 3 rings (SSSR count). The lowest BCUT2D eigenvalue weighted by molar-refractivity contribution is -0.136. The molecule has 0 atom stereocenters. The van der Waals surface area contributed by atoms with Crippen molar-refractivity contribution in [2.75, 3.05) is 6.61 Å². The van der Waals surface area contributed by atoms with Gasteiger partial charge in [-0.2, -0.15) is 0 Å². The van der Waals surface area contributed by atoms with Crippen molar-refractivity contribution in [3.63, 3.8) is 0 Å². The molecule has 0 spiro atoms. The van der Waals surface area contributed by atoms with E-state index < -0.39 is 17.5 Å². The molecule has 0 aliphatic rings. The number of carbonyl (C=O) groups is 2. The molecule has 0 unspecified atom stereocenters. The van der Waals surface area contributed by atoms with Crippen molar-refractivity contribution in [1.29, 1.82) is 0 Å². The fourth-order valence-corrected chi connectivity index (χ4v) is 2.84. The minimum atomic E-state index is -0.871. The number of carbonyl (C=O) groups excluding carboxylic acids is 2. The normalized spacial score (nSPS) is 11.3. The molecule has 0 aliphatic carbocycles. The molecule has 150 valence electrons. The topological polar surface area (TPSA) is 109 Å². The van der Waals surface area contributed by atoms with E-state index in [1.165, 1.54) is 18.2 Å². The molecule has 0 saturated heterocycles. The lowest BCUT2D eigenvalue weighted by atomic mass is 9.86. The molecule has 0 aliphatic heterocycles. The molecule has 0 fully saturated rings. The van der Waals surface area contributed by atoms with Crippen LogP contribution in [0, 0.1) is 0 Å². The number of benzene rings is 2. The molecule has 2 aromatic carbocycles. The van der Waals surface area contributed by atoms with Gasteiger partial charge in [0.15, 0.2) is 6.61 Å². The number of para-hydroxylation sites is 1. The van der Waals surface area contributed by atoms with E-state index in [1.807, 2.05) is 18.2 Å². The van der Waals surface area contributed by atoms with Crippen molar-refractivity contribution >= 4 is 22.8 Å². The van der Waals surface area contributed by atoms with Gasteiger partial charge in [0.1, 0.15) is 22.6 Å². The minimum Gasteiger partial charge on any atom is -0.482 e. The Bertz CT molecular complexity index is 1140. The largest absolute Gasteiger partial charge is 0.482 e. The molecule has 1 heterocycles. The molecule has 0 saturated carbocycles. The van der Waals surface area contributed by atoms with E-state index in [0.717, 1.165) is 5.56 Å². The van der Waals surface area contributed by atoms with Crippen molar-refractivity contribution in [1.82, 2.24) is 0 Å². The number of ether oxygens (including phenoxy) is 2. The van der Waals surface area contributed by atoms with E-state index in [0.29, 0.717) is 11.1 Å². The third-order valence-corrected chi connectivity index (χ3v) is 4.25. The predicted octanol–water partition coefficient (Wildman–Crippen LogP) is 3.17. The Morgan fingerprint density at radius 2 is 1.79 bits per heavy atom. The number of nitrogens with two attached hydrogens (primary N) is 1. The second-order valence-corrected chi connectivity index (χ2v) is 7.52. The van der Waals surface area contributed by atoms with Crippen LogP contribution in [0.15, 0.2) is 57.7 Å². The highest BCUT2D eigenvalue weighted by molar-refractivity contribution is 5.95. The van der Waals surface area contributed by atoms with Gasteiger partial charge in [0.2, 0.25) is 0 Å². The average molecular weight is 395 g/mol. The Kier molecular flexibility index (Phi) is 5.41. The second-order valence-electron chi connectivity index (χ2n) is 7.52. The molecule has 0 bridgehead atoms. The smallest absolute Gasteiger partial charge is 0.349 e. The summed E-state index contributed by atoms with van der Waals surface area (Å²) in [5, 5.41) is 0.480. The molecule has 29 heavy (non-hydrogen) atoms. The van der Waals surface area contributed by atoms with E-state index in [2.05, 4.69) is 20.8 Å². The van der Waals surface area contributed by atoms with Crippen LogP contribution in [0.5, 0.6) is 11.5 Å². The Morgan fingerprint density at radius 3 is 2.48 bits per heavy atom. The Hall–Kier alpha value is -3.61. The van der Waals surface area contributed by atoms with Gasteiger partial charge in [0.25, 0.3) is 5.91 Å². The summed E-state index contributed by atoms with van der Waals surface area (Å²) in [6.07, 6.45) is 0. The first kappa shape index (κ1) is 20.1. The molecule has 2 N–H and O–H groups in total. The molecule has 0 radical (unpaired) electrons. The van der Waals surface area contributed by atoms with Crippen molar-refractivity contribution in [2.45, 2.75) is 26.2 Å². The highest BCUT2D eigenvalue weighted by atomic mass is 16.6. The number of amides is 1. The van der Waals surface area contributed by atoms with Crippen LogP contribution in [0.2, 0.25) is 0 Å². The minimum absolute atomic E-state index is 0.139. The van der Waals surface area contributed by atoms with Crippen LogP contribution < -0.4 is 20.8 Å². The highest BCUT2D eigenvalue weighted by Crippen LogP contribution is 2.31. The number of rotatable bonds is 5. The Labute approximate surface area is 167 Å². The zero-order valence-electron chi connectivity index (χ0n) is 16.4. The van der Waals surface area contributed by atoms with Gasteiger partial charge in [-0.1, -0.05) is 39.0 Å². The lowest BCUT2D eigenvalue weighted by Gasteiger charge is -2.22.